The third-order valence-corrected chi connectivity index (χ3v) is 2.65. The molecule has 0 heterocycles. The molecule has 0 aliphatic rings. The number of Topliss-reactive ketones (excluding diaryl/α,β-unsaturated/α-hetero) is 1. The Morgan fingerprint density at radius 2 is 1.82 bits per heavy atom. The average Bonchev–Trinajstić information content (AvgIpc) is 2.33. The van der Waals surface area contributed by atoms with Gasteiger partial charge in [-0.1, -0.05) is 15.9 Å². The van der Waals surface area contributed by atoms with E-state index in [9.17, 15) is 20.1 Å². The van der Waals surface area contributed by atoms with E-state index in [1.807, 2.05) is 0 Å². The maximum absolute atomic E-state index is 11.5. The zero-order valence-electron chi connectivity index (χ0n) is 8.89. The van der Waals surface area contributed by atoms with Crippen LogP contribution >= 0.6 is 15.9 Å². The average molecular weight is 319 g/mol. The van der Waals surface area contributed by atoms with Crippen molar-refractivity contribution in [1.29, 1.82) is 0 Å². The summed E-state index contributed by atoms with van der Waals surface area (Å²) in [6.07, 6.45) is -6.13. The van der Waals surface area contributed by atoms with Crippen molar-refractivity contribution >= 4 is 21.7 Å². The molecule has 0 saturated carbocycles. The summed E-state index contributed by atoms with van der Waals surface area (Å²) in [6, 6.07) is 0. The Balaban J connectivity index is 5.07. The van der Waals surface area contributed by atoms with Crippen LogP contribution in [0.5, 0.6) is 0 Å². The van der Waals surface area contributed by atoms with Gasteiger partial charge in [0.15, 0.2) is 6.10 Å². The lowest BCUT2D eigenvalue weighted by Gasteiger charge is -2.33. The largest absolute Gasteiger partial charge is 0.394 e. The number of alkyl halides is 1. The molecule has 5 unspecified atom stereocenters. The Kier molecular flexibility index (Phi) is 6.66. The molecule has 0 radical (unpaired) electrons. The molecule has 0 aromatic rings. The van der Waals surface area contributed by atoms with E-state index in [-0.39, 0.29) is 0 Å². The van der Waals surface area contributed by atoms with Gasteiger partial charge in [0.25, 0.3) is 5.79 Å². The van der Waals surface area contributed by atoms with Gasteiger partial charge < -0.3 is 35.4 Å². The number of rotatable bonds is 7. The zero-order chi connectivity index (χ0) is 13.8. The summed E-state index contributed by atoms with van der Waals surface area (Å²) in [5.74, 6) is -4.42. The minimum atomic E-state index is -2.95. The maximum Gasteiger partial charge on any atom is 0.258 e. The van der Waals surface area contributed by atoms with Crippen molar-refractivity contribution in [3.8, 4) is 0 Å². The molecule has 9 heteroatoms. The number of carbonyl (C=O) groups excluding carboxylic acids is 1. The van der Waals surface area contributed by atoms with Crippen molar-refractivity contribution in [1.82, 2.24) is 0 Å². The monoisotopic (exact) mass is 318 g/mol. The van der Waals surface area contributed by atoms with Gasteiger partial charge >= 0.3 is 0 Å². The number of aliphatic hydroxyl groups excluding tert-OH is 5. The molecule has 0 aromatic carbocycles. The Morgan fingerprint density at radius 1 is 1.35 bits per heavy atom. The molecule has 0 rings (SSSR count). The van der Waals surface area contributed by atoms with Crippen LogP contribution < -0.4 is 0 Å². The van der Waals surface area contributed by atoms with E-state index in [0.717, 1.165) is 7.11 Å². The predicted octanol–water partition coefficient (Wildman–Crippen LogP) is -3.32. The molecule has 0 amide bonds. The van der Waals surface area contributed by atoms with Gasteiger partial charge in [-0.25, -0.2) is 0 Å². The van der Waals surface area contributed by atoms with Crippen LogP contribution in [0.4, 0.5) is 0 Å². The van der Waals surface area contributed by atoms with Crippen molar-refractivity contribution in [3.63, 3.8) is 0 Å². The van der Waals surface area contributed by atoms with Crippen molar-refractivity contribution in [2.45, 2.75) is 29.1 Å². The second-order valence-corrected chi connectivity index (χ2v) is 4.22. The van der Waals surface area contributed by atoms with E-state index >= 15 is 0 Å². The van der Waals surface area contributed by atoms with E-state index in [4.69, 9.17) is 15.3 Å². The highest BCUT2D eigenvalue weighted by Crippen LogP contribution is 2.20. The second-order valence-electron chi connectivity index (χ2n) is 3.28. The van der Waals surface area contributed by atoms with Gasteiger partial charge in [-0.3, -0.25) is 4.79 Å². The summed E-state index contributed by atoms with van der Waals surface area (Å²) in [5.41, 5.74) is 0. The maximum atomic E-state index is 11.5. The van der Waals surface area contributed by atoms with Gasteiger partial charge in [0.05, 0.1) is 6.61 Å². The van der Waals surface area contributed by atoms with Gasteiger partial charge in [-0.15, -0.1) is 0 Å². The van der Waals surface area contributed by atoms with Gasteiger partial charge in [-0.2, -0.15) is 0 Å². The minimum Gasteiger partial charge on any atom is -0.394 e. The van der Waals surface area contributed by atoms with Gasteiger partial charge in [0.1, 0.15) is 17.2 Å². The molecule has 0 saturated heterocycles. The number of hydrogen-bond donors (Lipinski definition) is 6. The lowest BCUT2D eigenvalue weighted by atomic mass is 9.97. The highest BCUT2D eigenvalue weighted by Gasteiger charge is 2.50. The molecule has 0 aliphatic carbocycles. The van der Waals surface area contributed by atoms with Crippen LogP contribution in [0.2, 0.25) is 0 Å². The Bertz CT molecular complexity index is 260. The summed E-state index contributed by atoms with van der Waals surface area (Å²) < 4.78 is 4.35. The number of methoxy groups -OCH3 is 1. The number of carbonyl (C=O) groups is 1. The standard InChI is InChI=1S/C8H15BrO8/c1-17-8(16,5(13)3(11)2-10)6(14)4(12)7(9)15/h3-5,7,10-13,15-16H,2H2,1H3. The van der Waals surface area contributed by atoms with Crippen LogP contribution in [0.25, 0.3) is 0 Å². The van der Waals surface area contributed by atoms with Crippen LogP contribution in [0.15, 0.2) is 0 Å². The van der Waals surface area contributed by atoms with Crippen molar-refractivity contribution in [2.75, 3.05) is 13.7 Å². The quantitative estimate of drug-likeness (QED) is 0.211. The van der Waals surface area contributed by atoms with Crippen LogP contribution in [0.3, 0.4) is 0 Å². The second kappa shape index (κ2) is 6.71. The lowest BCUT2D eigenvalue weighted by molar-refractivity contribution is -0.256. The van der Waals surface area contributed by atoms with E-state index in [2.05, 4.69) is 20.7 Å². The smallest absolute Gasteiger partial charge is 0.258 e. The summed E-state index contributed by atoms with van der Waals surface area (Å²) in [6.45, 7) is -0.937. The Morgan fingerprint density at radius 3 is 2.12 bits per heavy atom. The molecule has 0 spiro atoms. The lowest BCUT2D eigenvalue weighted by Crippen LogP contribution is -2.60. The molecule has 8 nitrogen and oxygen atoms in total. The Hall–Kier alpha value is -0.130. The van der Waals surface area contributed by atoms with E-state index in [1.54, 1.807) is 0 Å². The first-order valence-electron chi connectivity index (χ1n) is 4.51. The van der Waals surface area contributed by atoms with Crippen molar-refractivity contribution in [2.24, 2.45) is 0 Å². The fraction of sp³-hybridized carbons (Fsp3) is 0.875. The molecule has 0 aromatic heterocycles. The van der Waals surface area contributed by atoms with E-state index < -0.39 is 41.5 Å². The molecule has 5 atom stereocenters. The van der Waals surface area contributed by atoms with Crippen LogP contribution in [0.1, 0.15) is 0 Å². The molecule has 0 aliphatic heterocycles. The number of aliphatic hydroxyl groups is 6. The summed E-state index contributed by atoms with van der Waals surface area (Å²) in [4.78, 5) is 11.5. The SMILES string of the molecule is COC(O)(C(=O)C(O)C(O)Br)C(O)C(O)CO. The molecule has 0 fully saturated rings. The van der Waals surface area contributed by atoms with Crippen molar-refractivity contribution < 1.29 is 40.2 Å². The topological polar surface area (TPSA) is 148 Å². The predicted molar refractivity (Wildman–Crippen MR) is 57.0 cm³/mol. The summed E-state index contributed by atoms with van der Waals surface area (Å²) in [5, 5.41) is 53.3. The van der Waals surface area contributed by atoms with Crippen molar-refractivity contribution in [3.05, 3.63) is 0 Å². The highest BCUT2D eigenvalue weighted by atomic mass is 79.9. The molecule has 0 bridgehead atoms. The van der Waals surface area contributed by atoms with Gasteiger partial charge in [0, 0.05) is 7.11 Å². The number of hydrogen-bond acceptors (Lipinski definition) is 8. The first-order valence-corrected chi connectivity index (χ1v) is 5.43. The summed E-state index contributed by atoms with van der Waals surface area (Å²) >= 11 is 2.49. The summed E-state index contributed by atoms with van der Waals surface area (Å²) in [7, 11) is 0.846. The van der Waals surface area contributed by atoms with Gasteiger partial charge in [-0.05, 0) is 0 Å². The molecule has 17 heavy (non-hydrogen) atoms. The van der Waals surface area contributed by atoms with Gasteiger partial charge in [0.2, 0.25) is 5.78 Å². The number of ether oxygens (including phenoxy) is 1. The van der Waals surface area contributed by atoms with Crippen LogP contribution in [-0.2, 0) is 9.53 Å². The first kappa shape index (κ1) is 16.9. The third-order valence-electron chi connectivity index (χ3n) is 2.15. The Labute approximate surface area is 105 Å². The van der Waals surface area contributed by atoms with Crippen LogP contribution in [0, 0.1) is 0 Å². The molecular formula is C8H15BrO8. The zero-order valence-corrected chi connectivity index (χ0v) is 10.5. The highest BCUT2D eigenvalue weighted by molar-refractivity contribution is 9.09. The number of halogens is 1. The van der Waals surface area contributed by atoms with E-state index in [0.29, 0.717) is 0 Å². The normalized spacial score (nSPS) is 22.4. The molecule has 6 N–H and O–H groups in total. The third kappa shape index (κ3) is 3.66. The fourth-order valence-electron chi connectivity index (χ4n) is 1.06. The number of ketones is 1. The molecular weight excluding hydrogens is 304 g/mol. The van der Waals surface area contributed by atoms with E-state index in [1.165, 1.54) is 0 Å². The first-order chi connectivity index (χ1) is 7.72. The van der Waals surface area contributed by atoms with Crippen LogP contribution in [-0.4, -0.2) is 79.3 Å². The molecule has 102 valence electrons. The minimum absolute atomic E-state index is 0.846. The fourth-order valence-corrected chi connectivity index (χ4v) is 1.30.